The lowest BCUT2D eigenvalue weighted by Crippen LogP contribution is -2.35. The Morgan fingerprint density at radius 2 is 1.94 bits per heavy atom. The molecule has 0 aromatic rings. The highest BCUT2D eigenvalue weighted by Gasteiger charge is 2.43. The third kappa shape index (κ3) is 2.30. The predicted octanol–water partition coefficient (Wildman–Crippen LogP) is 3.98. The van der Waals surface area contributed by atoms with Crippen LogP contribution < -0.4 is 5.32 Å². The first-order valence-corrected chi connectivity index (χ1v) is 7.37. The first-order chi connectivity index (χ1) is 7.69. The Hall–Kier alpha value is -0.0400. The van der Waals surface area contributed by atoms with Gasteiger partial charge < -0.3 is 5.32 Å². The average Bonchev–Trinajstić information content (AvgIpc) is 2.72. The molecule has 2 fully saturated rings. The van der Waals surface area contributed by atoms with Crippen molar-refractivity contribution < 1.29 is 0 Å². The minimum atomic E-state index is 0.648. The predicted molar refractivity (Wildman–Crippen MR) is 70.5 cm³/mol. The van der Waals surface area contributed by atoms with Gasteiger partial charge in [0.25, 0.3) is 0 Å². The summed E-state index contributed by atoms with van der Waals surface area (Å²) in [4.78, 5) is 0. The third-order valence-electron chi connectivity index (χ3n) is 5.51. The highest BCUT2D eigenvalue weighted by atomic mass is 14.9. The van der Waals surface area contributed by atoms with Gasteiger partial charge in [-0.05, 0) is 50.0 Å². The van der Waals surface area contributed by atoms with E-state index in [0.29, 0.717) is 5.41 Å². The molecule has 2 saturated carbocycles. The van der Waals surface area contributed by atoms with Crippen LogP contribution >= 0.6 is 0 Å². The van der Waals surface area contributed by atoms with Crippen molar-refractivity contribution in [1.29, 1.82) is 0 Å². The van der Waals surface area contributed by atoms with E-state index in [2.05, 4.69) is 26.2 Å². The summed E-state index contributed by atoms with van der Waals surface area (Å²) in [5.74, 6) is 2.04. The maximum Gasteiger partial charge on any atom is 0.00695 e. The van der Waals surface area contributed by atoms with Crippen molar-refractivity contribution in [3.63, 3.8) is 0 Å². The number of hydrogen-bond donors (Lipinski definition) is 1. The van der Waals surface area contributed by atoms with Crippen LogP contribution in [0.4, 0.5) is 0 Å². The molecule has 0 aromatic carbocycles. The second kappa shape index (κ2) is 5.08. The van der Waals surface area contributed by atoms with E-state index in [0.717, 1.165) is 17.9 Å². The molecule has 0 saturated heterocycles. The maximum atomic E-state index is 3.49. The lowest BCUT2D eigenvalue weighted by atomic mass is 9.63. The highest BCUT2D eigenvalue weighted by molar-refractivity contribution is 4.96. The average molecular weight is 223 g/mol. The second-order valence-electron chi connectivity index (χ2n) is 6.44. The molecule has 1 nitrogen and oxygen atoms in total. The zero-order valence-corrected chi connectivity index (χ0v) is 11.4. The molecule has 16 heavy (non-hydrogen) atoms. The Labute approximate surface area is 101 Å². The van der Waals surface area contributed by atoms with Gasteiger partial charge in [-0.2, -0.15) is 0 Å². The summed E-state index contributed by atoms with van der Waals surface area (Å²) in [5, 5.41) is 3.49. The molecular weight excluding hydrogens is 194 g/mol. The molecule has 0 spiro atoms. The first kappa shape index (κ1) is 12.4. The van der Waals surface area contributed by atoms with Crippen LogP contribution in [0.2, 0.25) is 0 Å². The fraction of sp³-hybridized carbons (Fsp3) is 1.00. The van der Waals surface area contributed by atoms with Crippen LogP contribution in [-0.4, -0.2) is 13.1 Å². The van der Waals surface area contributed by atoms with Gasteiger partial charge in [-0.3, -0.25) is 0 Å². The molecule has 2 aliphatic carbocycles. The second-order valence-corrected chi connectivity index (χ2v) is 6.44. The van der Waals surface area contributed by atoms with Crippen molar-refractivity contribution in [2.45, 2.75) is 71.3 Å². The van der Waals surface area contributed by atoms with Gasteiger partial charge in [0.15, 0.2) is 0 Å². The van der Waals surface area contributed by atoms with Gasteiger partial charge >= 0.3 is 0 Å². The molecule has 2 rings (SSSR count). The molecule has 0 aliphatic heterocycles. The molecule has 1 heteroatoms. The minimum absolute atomic E-state index is 0.648. The highest BCUT2D eigenvalue weighted by Crippen LogP contribution is 2.52. The largest absolute Gasteiger partial charge is 0.317 e. The van der Waals surface area contributed by atoms with E-state index < -0.39 is 0 Å². The minimum Gasteiger partial charge on any atom is -0.317 e. The normalized spacial score (nSPS) is 44.8. The topological polar surface area (TPSA) is 12.0 Å². The lowest BCUT2D eigenvalue weighted by Gasteiger charge is -2.42. The SMILES string of the molecule is CCC1CCCCC1C1(C)CCC(NC)C1. The van der Waals surface area contributed by atoms with Gasteiger partial charge in [-0.1, -0.05) is 39.5 Å². The Kier molecular flexibility index (Phi) is 3.94. The molecule has 4 atom stereocenters. The summed E-state index contributed by atoms with van der Waals surface area (Å²) >= 11 is 0. The van der Waals surface area contributed by atoms with Gasteiger partial charge in [0.2, 0.25) is 0 Å². The van der Waals surface area contributed by atoms with Gasteiger partial charge in [-0.15, -0.1) is 0 Å². The Bertz CT molecular complexity index is 225. The summed E-state index contributed by atoms with van der Waals surface area (Å²) in [6.45, 7) is 4.97. The molecule has 1 N–H and O–H groups in total. The zero-order chi connectivity index (χ0) is 11.6. The van der Waals surface area contributed by atoms with E-state index in [1.807, 2.05) is 0 Å². The maximum absolute atomic E-state index is 3.49. The zero-order valence-electron chi connectivity index (χ0n) is 11.4. The van der Waals surface area contributed by atoms with Crippen molar-refractivity contribution >= 4 is 0 Å². The molecular formula is C15H29N. The standard InChI is InChI=1S/C15H29N/c1-4-12-7-5-6-8-14(12)15(2)10-9-13(11-15)16-3/h12-14,16H,4-11H2,1-3H3. The fourth-order valence-electron chi connectivity index (χ4n) is 4.47. The van der Waals surface area contributed by atoms with E-state index in [-0.39, 0.29) is 0 Å². The van der Waals surface area contributed by atoms with E-state index in [9.17, 15) is 0 Å². The summed E-state index contributed by atoms with van der Waals surface area (Å²) in [6, 6.07) is 0.796. The van der Waals surface area contributed by atoms with Crippen LogP contribution in [0, 0.1) is 17.3 Å². The van der Waals surface area contributed by atoms with E-state index in [1.165, 1.54) is 51.4 Å². The molecule has 2 aliphatic rings. The Morgan fingerprint density at radius 3 is 2.56 bits per heavy atom. The Morgan fingerprint density at radius 1 is 1.19 bits per heavy atom. The van der Waals surface area contributed by atoms with Crippen molar-refractivity contribution in [3.8, 4) is 0 Å². The van der Waals surface area contributed by atoms with Crippen LogP contribution in [0.1, 0.15) is 65.2 Å². The quantitative estimate of drug-likeness (QED) is 0.763. The van der Waals surface area contributed by atoms with Crippen molar-refractivity contribution in [2.75, 3.05) is 7.05 Å². The van der Waals surface area contributed by atoms with E-state index in [1.54, 1.807) is 0 Å². The van der Waals surface area contributed by atoms with Crippen molar-refractivity contribution in [3.05, 3.63) is 0 Å². The number of hydrogen-bond acceptors (Lipinski definition) is 1. The Balaban J connectivity index is 2.04. The van der Waals surface area contributed by atoms with Gasteiger partial charge in [-0.25, -0.2) is 0 Å². The fourth-order valence-corrected chi connectivity index (χ4v) is 4.47. The lowest BCUT2D eigenvalue weighted by molar-refractivity contribution is 0.0774. The van der Waals surface area contributed by atoms with Crippen molar-refractivity contribution in [2.24, 2.45) is 17.3 Å². The molecule has 4 unspecified atom stereocenters. The van der Waals surface area contributed by atoms with Crippen LogP contribution in [0.3, 0.4) is 0 Å². The molecule has 94 valence electrons. The summed E-state index contributed by atoms with van der Waals surface area (Å²) < 4.78 is 0. The van der Waals surface area contributed by atoms with E-state index in [4.69, 9.17) is 0 Å². The molecule has 0 aromatic heterocycles. The molecule has 0 heterocycles. The van der Waals surface area contributed by atoms with Crippen LogP contribution in [0.5, 0.6) is 0 Å². The number of rotatable bonds is 3. The van der Waals surface area contributed by atoms with E-state index >= 15 is 0 Å². The van der Waals surface area contributed by atoms with Gasteiger partial charge in [0.05, 0.1) is 0 Å². The smallest absolute Gasteiger partial charge is 0.00695 e. The van der Waals surface area contributed by atoms with Crippen LogP contribution in [0.15, 0.2) is 0 Å². The third-order valence-corrected chi connectivity index (χ3v) is 5.51. The van der Waals surface area contributed by atoms with Crippen LogP contribution in [0.25, 0.3) is 0 Å². The molecule has 0 amide bonds. The summed E-state index contributed by atoms with van der Waals surface area (Å²) in [6.07, 6.45) is 11.7. The molecule has 0 radical (unpaired) electrons. The summed E-state index contributed by atoms with van der Waals surface area (Å²) in [7, 11) is 2.13. The molecule has 0 bridgehead atoms. The summed E-state index contributed by atoms with van der Waals surface area (Å²) in [5.41, 5.74) is 0.648. The number of nitrogens with one attached hydrogen (secondary N) is 1. The van der Waals surface area contributed by atoms with Gasteiger partial charge in [0, 0.05) is 6.04 Å². The monoisotopic (exact) mass is 223 g/mol. The van der Waals surface area contributed by atoms with Gasteiger partial charge in [0.1, 0.15) is 0 Å². The van der Waals surface area contributed by atoms with Crippen molar-refractivity contribution in [1.82, 2.24) is 5.32 Å². The van der Waals surface area contributed by atoms with Crippen LogP contribution in [-0.2, 0) is 0 Å². The first-order valence-electron chi connectivity index (χ1n) is 7.37.